The fourth-order valence-corrected chi connectivity index (χ4v) is 1.99. The summed E-state index contributed by atoms with van der Waals surface area (Å²) in [5, 5.41) is 0.0396. The van der Waals surface area contributed by atoms with Gasteiger partial charge in [0.25, 0.3) is 0 Å². The quantitative estimate of drug-likeness (QED) is 0.790. The fourth-order valence-electron chi connectivity index (χ4n) is 1.79. The van der Waals surface area contributed by atoms with Gasteiger partial charge in [-0.25, -0.2) is 4.39 Å². The average molecular weight is 273 g/mol. The lowest BCUT2D eigenvalue weighted by Gasteiger charge is -2.19. The van der Waals surface area contributed by atoms with Gasteiger partial charge >= 0.3 is 0 Å². The summed E-state index contributed by atoms with van der Waals surface area (Å²) in [6.45, 7) is 6.24. The topological polar surface area (TPSA) is 26.3 Å². The monoisotopic (exact) mass is 272 g/mol. The lowest BCUT2D eigenvalue weighted by molar-refractivity contribution is -0.132. The van der Waals surface area contributed by atoms with Gasteiger partial charge < -0.3 is 4.74 Å². The van der Waals surface area contributed by atoms with Crippen molar-refractivity contribution in [2.24, 2.45) is 5.92 Å². The molecule has 0 heterocycles. The van der Waals surface area contributed by atoms with Crippen LogP contribution in [0.25, 0.3) is 0 Å². The van der Waals surface area contributed by atoms with Gasteiger partial charge in [0.2, 0.25) is 0 Å². The van der Waals surface area contributed by atoms with Gasteiger partial charge in [0, 0.05) is 13.0 Å². The van der Waals surface area contributed by atoms with Crippen LogP contribution in [0.15, 0.2) is 18.2 Å². The Morgan fingerprint density at radius 3 is 2.61 bits per heavy atom. The van der Waals surface area contributed by atoms with Crippen LogP contribution in [-0.4, -0.2) is 18.5 Å². The molecule has 1 unspecified atom stereocenters. The molecule has 0 N–H and O–H groups in total. The molecule has 0 aliphatic heterocycles. The summed E-state index contributed by atoms with van der Waals surface area (Å²) in [5.74, 6) is -0.360. The van der Waals surface area contributed by atoms with Gasteiger partial charge in [-0.05, 0) is 30.5 Å². The van der Waals surface area contributed by atoms with E-state index in [9.17, 15) is 9.18 Å². The van der Waals surface area contributed by atoms with E-state index in [-0.39, 0.29) is 23.1 Å². The molecule has 0 amide bonds. The molecule has 100 valence electrons. The summed E-state index contributed by atoms with van der Waals surface area (Å²) >= 11 is 5.68. The van der Waals surface area contributed by atoms with E-state index >= 15 is 0 Å². The number of carbonyl (C=O) groups excluding carboxylic acids is 1. The van der Waals surface area contributed by atoms with Gasteiger partial charge in [-0.15, -0.1) is 0 Å². The minimum absolute atomic E-state index is 0.00507. The molecule has 1 aromatic carbocycles. The molecule has 0 radical (unpaired) electrons. The van der Waals surface area contributed by atoms with Gasteiger partial charge in [0.15, 0.2) is 5.78 Å². The van der Waals surface area contributed by atoms with Gasteiger partial charge in [-0.3, -0.25) is 4.79 Å². The smallest absolute Gasteiger partial charge is 0.166 e. The molecule has 0 aliphatic rings. The van der Waals surface area contributed by atoms with Gasteiger partial charge in [-0.2, -0.15) is 0 Å². The highest BCUT2D eigenvalue weighted by atomic mass is 35.5. The van der Waals surface area contributed by atoms with Crippen molar-refractivity contribution in [3.8, 4) is 0 Å². The summed E-state index contributed by atoms with van der Waals surface area (Å²) in [4.78, 5) is 12.1. The maximum atomic E-state index is 13.0. The first-order valence-electron chi connectivity index (χ1n) is 6.04. The van der Waals surface area contributed by atoms with Gasteiger partial charge in [-0.1, -0.05) is 31.5 Å². The Labute approximate surface area is 112 Å². The maximum absolute atomic E-state index is 13.0. The average Bonchev–Trinajstić information content (AvgIpc) is 2.30. The van der Waals surface area contributed by atoms with Crippen molar-refractivity contribution >= 4 is 17.4 Å². The van der Waals surface area contributed by atoms with Crippen molar-refractivity contribution in [2.75, 3.05) is 6.61 Å². The zero-order valence-electron chi connectivity index (χ0n) is 10.9. The number of rotatable bonds is 6. The fraction of sp³-hybridized carbons (Fsp3) is 0.500. The van der Waals surface area contributed by atoms with E-state index in [1.54, 1.807) is 6.07 Å². The Morgan fingerprint density at radius 1 is 1.44 bits per heavy atom. The molecule has 4 heteroatoms. The third kappa shape index (κ3) is 4.07. The highest BCUT2D eigenvalue weighted by molar-refractivity contribution is 6.30. The predicted octanol–water partition coefficient (Wildman–Crippen LogP) is 3.65. The minimum atomic E-state index is -0.474. The molecular weight excluding hydrogens is 255 g/mol. The minimum Gasteiger partial charge on any atom is -0.370 e. The van der Waals surface area contributed by atoms with Crippen LogP contribution >= 0.6 is 11.6 Å². The SMILES string of the molecule is CCOC(C(=O)Cc1ccc(F)c(Cl)c1)C(C)C. The number of ether oxygens (including phenoxy) is 1. The molecule has 0 saturated carbocycles. The largest absolute Gasteiger partial charge is 0.370 e. The molecule has 0 aliphatic carbocycles. The third-order valence-corrected chi connectivity index (χ3v) is 2.92. The normalized spacial score (nSPS) is 12.8. The molecule has 2 nitrogen and oxygen atoms in total. The van der Waals surface area contributed by atoms with Crippen LogP contribution in [-0.2, 0) is 16.0 Å². The first-order valence-corrected chi connectivity index (χ1v) is 6.41. The van der Waals surface area contributed by atoms with E-state index < -0.39 is 11.9 Å². The van der Waals surface area contributed by atoms with E-state index in [1.165, 1.54) is 12.1 Å². The van der Waals surface area contributed by atoms with Crippen molar-refractivity contribution in [1.82, 2.24) is 0 Å². The summed E-state index contributed by atoms with van der Waals surface area (Å²) in [5.41, 5.74) is 0.705. The van der Waals surface area contributed by atoms with Crippen molar-refractivity contribution < 1.29 is 13.9 Å². The van der Waals surface area contributed by atoms with Crippen LogP contribution in [0, 0.1) is 11.7 Å². The number of hydrogen-bond donors (Lipinski definition) is 0. The second-order valence-corrected chi connectivity index (χ2v) is 4.92. The summed E-state index contributed by atoms with van der Waals surface area (Å²) in [6, 6.07) is 4.33. The molecule has 0 bridgehead atoms. The van der Waals surface area contributed by atoms with Crippen LogP contribution in [0.4, 0.5) is 4.39 Å². The summed E-state index contributed by atoms with van der Waals surface area (Å²) in [6.07, 6.45) is -0.207. The zero-order chi connectivity index (χ0) is 13.7. The Hall–Kier alpha value is -0.930. The number of ketones is 1. The van der Waals surface area contributed by atoms with Crippen LogP contribution in [0.1, 0.15) is 26.3 Å². The van der Waals surface area contributed by atoms with E-state index in [1.807, 2.05) is 20.8 Å². The highest BCUT2D eigenvalue weighted by Gasteiger charge is 2.22. The first kappa shape index (κ1) is 15.1. The van der Waals surface area contributed by atoms with Crippen LogP contribution in [0.5, 0.6) is 0 Å². The van der Waals surface area contributed by atoms with Crippen LogP contribution in [0.3, 0.4) is 0 Å². The lowest BCUT2D eigenvalue weighted by atomic mass is 9.98. The lowest BCUT2D eigenvalue weighted by Crippen LogP contribution is -2.31. The number of hydrogen-bond acceptors (Lipinski definition) is 2. The van der Waals surface area contributed by atoms with Crippen molar-refractivity contribution in [3.63, 3.8) is 0 Å². The summed E-state index contributed by atoms with van der Waals surface area (Å²) in [7, 11) is 0. The van der Waals surface area contributed by atoms with Crippen LogP contribution < -0.4 is 0 Å². The molecule has 0 fully saturated rings. The molecule has 1 aromatic rings. The Bertz CT molecular complexity index is 418. The number of halogens is 2. The van der Waals surface area contributed by atoms with Crippen LogP contribution in [0.2, 0.25) is 5.02 Å². The molecule has 0 aromatic heterocycles. The van der Waals surface area contributed by atoms with Crippen molar-refractivity contribution in [1.29, 1.82) is 0 Å². The van der Waals surface area contributed by atoms with Crippen molar-refractivity contribution in [2.45, 2.75) is 33.3 Å². The standard InChI is InChI=1S/C14H18ClFO2/c1-4-18-14(9(2)3)13(17)8-10-5-6-12(16)11(15)7-10/h5-7,9,14H,4,8H2,1-3H3. The molecule has 1 atom stereocenters. The Morgan fingerprint density at radius 2 is 2.11 bits per heavy atom. The van der Waals surface area contributed by atoms with E-state index in [2.05, 4.69) is 0 Å². The second-order valence-electron chi connectivity index (χ2n) is 4.51. The summed E-state index contributed by atoms with van der Waals surface area (Å²) < 4.78 is 18.4. The zero-order valence-corrected chi connectivity index (χ0v) is 11.6. The molecule has 18 heavy (non-hydrogen) atoms. The molecule has 0 saturated heterocycles. The second kappa shape index (κ2) is 6.86. The number of carbonyl (C=O) groups is 1. The Balaban J connectivity index is 2.76. The molecule has 0 spiro atoms. The highest BCUT2D eigenvalue weighted by Crippen LogP contribution is 2.18. The maximum Gasteiger partial charge on any atom is 0.166 e. The van der Waals surface area contributed by atoms with Crippen molar-refractivity contribution in [3.05, 3.63) is 34.6 Å². The molecule has 1 rings (SSSR count). The third-order valence-electron chi connectivity index (χ3n) is 2.63. The van der Waals surface area contributed by atoms with E-state index in [4.69, 9.17) is 16.3 Å². The Kier molecular flexibility index (Phi) is 5.76. The molecular formula is C14H18ClFO2. The number of benzene rings is 1. The van der Waals surface area contributed by atoms with E-state index in [0.717, 1.165) is 0 Å². The van der Waals surface area contributed by atoms with Gasteiger partial charge in [0.1, 0.15) is 11.9 Å². The van der Waals surface area contributed by atoms with Gasteiger partial charge in [0.05, 0.1) is 5.02 Å². The van der Waals surface area contributed by atoms with E-state index in [0.29, 0.717) is 12.2 Å². The predicted molar refractivity (Wildman–Crippen MR) is 70.4 cm³/mol. The number of Topliss-reactive ketones (excluding diaryl/α,β-unsaturated/α-hetero) is 1. The first-order chi connectivity index (χ1) is 8.45.